The third kappa shape index (κ3) is 2.77. The van der Waals surface area contributed by atoms with Gasteiger partial charge in [-0.15, -0.1) is 3.89 Å². The summed E-state index contributed by atoms with van der Waals surface area (Å²) >= 11 is 0. The van der Waals surface area contributed by atoms with Crippen molar-refractivity contribution in [3.63, 3.8) is 0 Å². The van der Waals surface area contributed by atoms with E-state index in [0.29, 0.717) is 5.69 Å². The second-order valence-corrected chi connectivity index (χ2v) is 5.28. The van der Waals surface area contributed by atoms with Crippen LogP contribution in [0.3, 0.4) is 0 Å². The molecule has 0 aromatic carbocycles. The predicted molar refractivity (Wildman–Crippen MR) is 53.8 cm³/mol. The molecule has 15 heavy (non-hydrogen) atoms. The van der Waals surface area contributed by atoms with Crippen LogP contribution in [-0.4, -0.2) is 23.7 Å². The maximum Gasteiger partial charge on any atom is 0.302 e. The van der Waals surface area contributed by atoms with Gasteiger partial charge >= 0.3 is 10.2 Å². The number of nitrogens with zero attached hydrogens (tertiary/aromatic N) is 2. The summed E-state index contributed by atoms with van der Waals surface area (Å²) in [5.41, 5.74) is 0.674. The van der Waals surface area contributed by atoms with Gasteiger partial charge in [0.1, 0.15) is 5.82 Å². The van der Waals surface area contributed by atoms with Gasteiger partial charge in [-0.05, 0) is 12.8 Å². The first kappa shape index (κ1) is 10.6. The molecule has 1 aliphatic rings. The van der Waals surface area contributed by atoms with Crippen molar-refractivity contribution in [3.8, 4) is 0 Å². The van der Waals surface area contributed by atoms with Crippen LogP contribution in [0.25, 0.3) is 0 Å². The molecular formula is C9H13FN2O2S. The van der Waals surface area contributed by atoms with E-state index in [-0.39, 0.29) is 6.42 Å². The second-order valence-electron chi connectivity index (χ2n) is 3.79. The number of rotatable bonds is 3. The van der Waals surface area contributed by atoms with E-state index in [9.17, 15) is 12.3 Å². The molecule has 0 N–H and O–H groups in total. The van der Waals surface area contributed by atoms with Gasteiger partial charge in [0.2, 0.25) is 0 Å². The van der Waals surface area contributed by atoms with Gasteiger partial charge in [-0.3, -0.25) is 0 Å². The molecule has 2 rings (SSSR count). The zero-order chi connectivity index (χ0) is 10.9. The van der Waals surface area contributed by atoms with Crippen LogP contribution in [0.4, 0.5) is 3.89 Å². The minimum absolute atomic E-state index is 0.166. The summed E-state index contributed by atoms with van der Waals surface area (Å²) in [4.78, 5) is 4.29. The molecule has 0 atom stereocenters. The van der Waals surface area contributed by atoms with E-state index in [1.54, 1.807) is 0 Å². The molecule has 0 spiro atoms. The SMILES string of the molecule is O=S(=O)(F)CCc1cn2c(n1)CCCC2. The smallest absolute Gasteiger partial charge is 0.302 e. The first-order valence-corrected chi connectivity index (χ1v) is 6.57. The first-order chi connectivity index (χ1) is 7.04. The Hall–Kier alpha value is -0.910. The summed E-state index contributed by atoms with van der Waals surface area (Å²) in [7, 11) is -4.37. The lowest BCUT2D eigenvalue weighted by Gasteiger charge is -2.11. The van der Waals surface area contributed by atoms with Gasteiger partial charge in [0.25, 0.3) is 0 Å². The Morgan fingerprint density at radius 3 is 2.93 bits per heavy atom. The number of imidazole rings is 1. The Balaban J connectivity index is 2.07. The lowest BCUT2D eigenvalue weighted by molar-refractivity contribution is 0.522. The Morgan fingerprint density at radius 1 is 1.47 bits per heavy atom. The van der Waals surface area contributed by atoms with Crippen molar-refractivity contribution in [3.05, 3.63) is 17.7 Å². The fourth-order valence-electron chi connectivity index (χ4n) is 1.82. The van der Waals surface area contributed by atoms with Crippen LogP contribution in [0.1, 0.15) is 24.4 Å². The summed E-state index contributed by atoms with van der Waals surface area (Å²) in [6.45, 7) is 0.935. The van der Waals surface area contributed by atoms with E-state index >= 15 is 0 Å². The molecule has 0 saturated carbocycles. The Morgan fingerprint density at radius 2 is 2.27 bits per heavy atom. The summed E-state index contributed by atoms with van der Waals surface area (Å²) in [6.07, 6.45) is 5.18. The van der Waals surface area contributed by atoms with Gasteiger partial charge in [-0.25, -0.2) is 4.98 Å². The van der Waals surface area contributed by atoms with Crippen LogP contribution < -0.4 is 0 Å². The van der Waals surface area contributed by atoms with E-state index in [1.807, 2.05) is 10.8 Å². The number of hydrogen-bond donors (Lipinski definition) is 0. The molecule has 1 aromatic heterocycles. The standard InChI is InChI=1S/C9H13FN2O2S/c10-15(13,14)6-4-8-7-12-5-2-1-3-9(12)11-8/h7H,1-6H2. The van der Waals surface area contributed by atoms with E-state index < -0.39 is 16.0 Å². The third-order valence-corrected chi connectivity index (χ3v) is 3.25. The van der Waals surface area contributed by atoms with E-state index in [2.05, 4.69) is 4.98 Å². The summed E-state index contributed by atoms with van der Waals surface area (Å²) < 4.78 is 35.0. The van der Waals surface area contributed by atoms with E-state index in [0.717, 1.165) is 31.6 Å². The average molecular weight is 232 g/mol. The molecule has 1 aliphatic heterocycles. The Kier molecular flexibility index (Phi) is 2.77. The van der Waals surface area contributed by atoms with Crippen molar-refractivity contribution in [1.29, 1.82) is 0 Å². The summed E-state index contributed by atoms with van der Waals surface area (Å²) in [6, 6.07) is 0. The molecule has 0 saturated heterocycles. The van der Waals surface area contributed by atoms with Crippen LogP contribution in [0.2, 0.25) is 0 Å². The largest absolute Gasteiger partial charge is 0.335 e. The Bertz CT molecular complexity index is 429. The van der Waals surface area contributed by atoms with E-state index in [4.69, 9.17) is 0 Å². The number of aromatic nitrogens is 2. The van der Waals surface area contributed by atoms with Crippen LogP contribution in [0.15, 0.2) is 6.20 Å². The molecule has 0 bridgehead atoms. The number of fused-ring (bicyclic) bond motifs is 1. The first-order valence-electron chi connectivity index (χ1n) is 5.02. The van der Waals surface area contributed by atoms with Crippen LogP contribution >= 0.6 is 0 Å². The maximum atomic E-state index is 12.3. The van der Waals surface area contributed by atoms with Crippen molar-refractivity contribution in [2.45, 2.75) is 32.2 Å². The third-order valence-electron chi connectivity index (χ3n) is 2.56. The number of aryl methyl sites for hydroxylation is 3. The molecule has 6 heteroatoms. The molecule has 0 unspecified atom stereocenters. The molecule has 4 nitrogen and oxygen atoms in total. The monoisotopic (exact) mass is 232 g/mol. The topological polar surface area (TPSA) is 52.0 Å². The van der Waals surface area contributed by atoms with Gasteiger partial charge < -0.3 is 4.57 Å². The minimum atomic E-state index is -4.37. The van der Waals surface area contributed by atoms with Gasteiger partial charge in [0.05, 0.1) is 11.4 Å². The Labute approximate surface area is 88.3 Å². The van der Waals surface area contributed by atoms with Gasteiger partial charge in [-0.2, -0.15) is 8.42 Å². The van der Waals surface area contributed by atoms with Crippen molar-refractivity contribution >= 4 is 10.2 Å². The lowest BCUT2D eigenvalue weighted by atomic mass is 10.2. The van der Waals surface area contributed by atoms with Gasteiger partial charge in [0, 0.05) is 25.6 Å². The zero-order valence-electron chi connectivity index (χ0n) is 8.32. The summed E-state index contributed by atoms with van der Waals surface area (Å²) in [5, 5.41) is 0. The predicted octanol–water partition coefficient (Wildman–Crippen LogP) is 1.06. The van der Waals surface area contributed by atoms with Gasteiger partial charge in [0.15, 0.2) is 0 Å². The van der Waals surface area contributed by atoms with Crippen LogP contribution in [0.5, 0.6) is 0 Å². The lowest BCUT2D eigenvalue weighted by Crippen LogP contribution is -2.08. The maximum absolute atomic E-state index is 12.3. The molecular weight excluding hydrogens is 219 g/mol. The van der Waals surface area contributed by atoms with Crippen LogP contribution in [0, 0.1) is 0 Å². The molecule has 2 heterocycles. The molecule has 0 fully saturated rings. The fourth-order valence-corrected chi connectivity index (χ4v) is 2.27. The molecule has 1 aromatic rings. The van der Waals surface area contributed by atoms with Crippen molar-refractivity contribution in [2.75, 3.05) is 5.75 Å². The fraction of sp³-hybridized carbons (Fsp3) is 0.667. The molecule has 0 radical (unpaired) electrons. The minimum Gasteiger partial charge on any atom is -0.335 e. The average Bonchev–Trinajstić information content (AvgIpc) is 2.56. The second kappa shape index (κ2) is 3.92. The number of halogens is 1. The normalized spacial score (nSPS) is 16.3. The highest BCUT2D eigenvalue weighted by atomic mass is 32.3. The van der Waals surface area contributed by atoms with Crippen molar-refractivity contribution in [1.82, 2.24) is 9.55 Å². The van der Waals surface area contributed by atoms with Crippen LogP contribution in [-0.2, 0) is 29.6 Å². The zero-order valence-corrected chi connectivity index (χ0v) is 9.13. The van der Waals surface area contributed by atoms with Crippen molar-refractivity contribution in [2.24, 2.45) is 0 Å². The summed E-state index contributed by atoms with van der Waals surface area (Å²) in [5.74, 6) is 0.524. The molecule has 0 aliphatic carbocycles. The van der Waals surface area contributed by atoms with Crippen molar-refractivity contribution < 1.29 is 12.3 Å². The highest BCUT2D eigenvalue weighted by Crippen LogP contribution is 2.15. The molecule has 84 valence electrons. The quantitative estimate of drug-likeness (QED) is 0.732. The highest BCUT2D eigenvalue weighted by molar-refractivity contribution is 7.86. The molecule has 0 amide bonds. The highest BCUT2D eigenvalue weighted by Gasteiger charge is 2.14. The van der Waals surface area contributed by atoms with Gasteiger partial charge in [-0.1, -0.05) is 0 Å². The number of hydrogen-bond acceptors (Lipinski definition) is 3. The van der Waals surface area contributed by atoms with E-state index in [1.165, 1.54) is 0 Å².